The summed E-state index contributed by atoms with van der Waals surface area (Å²) in [5.41, 5.74) is -0.355. The highest BCUT2D eigenvalue weighted by atomic mass is 16.5. The van der Waals surface area contributed by atoms with Gasteiger partial charge in [0.2, 0.25) is 0 Å². The van der Waals surface area contributed by atoms with E-state index in [1.165, 1.54) is 6.08 Å². The van der Waals surface area contributed by atoms with Crippen LogP contribution in [0.2, 0.25) is 0 Å². The van der Waals surface area contributed by atoms with Crippen LogP contribution in [0.4, 0.5) is 5.69 Å². The van der Waals surface area contributed by atoms with Crippen LogP contribution in [0.3, 0.4) is 0 Å². The van der Waals surface area contributed by atoms with Crippen LogP contribution in [-0.4, -0.2) is 42.4 Å². The fourth-order valence-corrected chi connectivity index (χ4v) is 4.01. The third-order valence-corrected chi connectivity index (χ3v) is 5.82. The van der Waals surface area contributed by atoms with Crippen molar-refractivity contribution < 1.29 is 28.9 Å². The number of ether oxygens (including phenoxy) is 3. The Morgan fingerprint density at radius 1 is 1.16 bits per heavy atom. The lowest BCUT2D eigenvalue weighted by molar-refractivity contribution is -0.139. The van der Waals surface area contributed by atoms with Crippen molar-refractivity contribution in [1.29, 1.82) is 0 Å². The number of amides is 1. The van der Waals surface area contributed by atoms with Crippen molar-refractivity contribution in [3.63, 3.8) is 0 Å². The van der Waals surface area contributed by atoms with Crippen molar-refractivity contribution in [2.45, 2.75) is 64.1 Å². The van der Waals surface area contributed by atoms with Crippen LogP contribution in [0, 0.1) is 0 Å². The highest BCUT2D eigenvalue weighted by molar-refractivity contribution is 6.06. The number of esters is 1. The lowest BCUT2D eigenvalue weighted by Crippen LogP contribution is -2.39. The topological polar surface area (TPSA) is 94.1 Å². The van der Waals surface area contributed by atoms with E-state index in [1.807, 2.05) is 0 Å². The summed E-state index contributed by atoms with van der Waals surface area (Å²) in [7, 11) is 1.58. The number of rotatable bonds is 8. The summed E-state index contributed by atoms with van der Waals surface area (Å²) in [4.78, 5) is 25.0. The van der Waals surface area contributed by atoms with Crippen LogP contribution in [0.1, 0.15) is 52.4 Å². The Morgan fingerprint density at radius 2 is 1.90 bits per heavy atom. The zero-order valence-corrected chi connectivity index (χ0v) is 18.4. The van der Waals surface area contributed by atoms with Gasteiger partial charge in [-0.1, -0.05) is 19.1 Å². The third-order valence-electron chi connectivity index (χ3n) is 5.82. The number of methoxy groups -OCH3 is 1. The third kappa shape index (κ3) is 5.28. The Balaban J connectivity index is 1.80. The van der Waals surface area contributed by atoms with Gasteiger partial charge in [-0.15, -0.1) is 0 Å². The Hall–Kier alpha value is -2.80. The molecule has 2 aliphatic rings. The van der Waals surface area contributed by atoms with E-state index >= 15 is 0 Å². The molecule has 1 aromatic rings. The Kier molecular flexibility index (Phi) is 7.38. The molecule has 1 unspecified atom stereocenters. The first-order valence-corrected chi connectivity index (χ1v) is 10.9. The second-order valence-electron chi connectivity index (χ2n) is 7.90. The van der Waals surface area contributed by atoms with E-state index < -0.39 is 17.5 Å². The van der Waals surface area contributed by atoms with Crippen molar-refractivity contribution in [2.24, 2.45) is 0 Å². The van der Waals surface area contributed by atoms with Gasteiger partial charge in [0, 0.05) is 29.3 Å². The van der Waals surface area contributed by atoms with Crippen LogP contribution >= 0.6 is 0 Å². The van der Waals surface area contributed by atoms with E-state index in [4.69, 9.17) is 14.2 Å². The molecule has 7 nitrogen and oxygen atoms in total. The molecule has 0 aromatic heterocycles. The van der Waals surface area contributed by atoms with Gasteiger partial charge in [0.05, 0.1) is 25.4 Å². The Bertz CT molecular complexity index is 884. The van der Waals surface area contributed by atoms with Gasteiger partial charge in [-0.25, -0.2) is 4.79 Å². The Morgan fingerprint density at radius 3 is 2.55 bits per heavy atom. The van der Waals surface area contributed by atoms with Gasteiger partial charge in [0.1, 0.15) is 0 Å². The highest BCUT2D eigenvalue weighted by Gasteiger charge is 2.38. The van der Waals surface area contributed by atoms with E-state index in [0.29, 0.717) is 22.8 Å². The number of hydrogen-bond donors (Lipinski definition) is 2. The highest BCUT2D eigenvalue weighted by Crippen LogP contribution is 2.36. The number of benzene rings is 1. The quantitative estimate of drug-likeness (QED) is 0.609. The zero-order valence-electron chi connectivity index (χ0n) is 18.4. The van der Waals surface area contributed by atoms with Crippen LogP contribution in [0.15, 0.2) is 41.5 Å². The molecular weight excluding hydrogens is 398 g/mol. The maximum Gasteiger partial charge on any atom is 0.334 e. The van der Waals surface area contributed by atoms with Gasteiger partial charge in [0.15, 0.2) is 11.5 Å². The molecule has 0 saturated heterocycles. The molecule has 1 aromatic carbocycles. The van der Waals surface area contributed by atoms with Gasteiger partial charge < -0.3 is 24.6 Å². The normalized spacial score (nSPS) is 21.2. The average Bonchev–Trinajstić information content (AvgIpc) is 3.27. The molecular formula is C24H31NO6. The van der Waals surface area contributed by atoms with Gasteiger partial charge in [-0.2, -0.15) is 0 Å². The standard InChI is InChI=1S/C24H31NO6/c1-4-24(28)15-16(23(27)30-5-2)10-12-19(24)22(26)25-17-11-13-20(29-3)21(14-17)31-18-8-6-7-9-18/h10-14,18,28H,4-9,15H2,1-3H3,(H,25,26). The number of anilines is 1. The minimum Gasteiger partial charge on any atom is -0.493 e. The summed E-state index contributed by atoms with van der Waals surface area (Å²) in [6.45, 7) is 3.75. The van der Waals surface area contributed by atoms with Gasteiger partial charge in [-0.05, 0) is 51.2 Å². The van der Waals surface area contributed by atoms with E-state index in [2.05, 4.69) is 5.32 Å². The summed E-state index contributed by atoms with van der Waals surface area (Å²) in [6, 6.07) is 5.22. The summed E-state index contributed by atoms with van der Waals surface area (Å²) >= 11 is 0. The SMILES string of the molecule is CCOC(=O)C1=CC=C(C(=O)Nc2ccc(OC)c(OC3CCCC3)c2)C(O)(CC)C1. The van der Waals surface area contributed by atoms with E-state index in [1.54, 1.807) is 45.2 Å². The first-order chi connectivity index (χ1) is 14.9. The molecule has 0 bridgehead atoms. The molecule has 1 saturated carbocycles. The molecule has 7 heteroatoms. The van der Waals surface area contributed by atoms with Crippen molar-refractivity contribution in [3.05, 3.63) is 41.5 Å². The maximum atomic E-state index is 13.0. The van der Waals surface area contributed by atoms with Gasteiger partial charge >= 0.3 is 5.97 Å². The van der Waals surface area contributed by atoms with Crippen molar-refractivity contribution in [2.75, 3.05) is 19.0 Å². The molecule has 0 spiro atoms. The molecule has 0 heterocycles. The first kappa shape index (κ1) is 22.9. The molecule has 2 N–H and O–H groups in total. The van der Waals surface area contributed by atoms with Crippen molar-refractivity contribution in [3.8, 4) is 11.5 Å². The molecule has 168 valence electrons. The average molecular weight is 430 g/mol. The molecule has 3 rings (SSSR count). The van der Waals surface area contributed by atoms with Crippen molar-refractivity contribution >= 4 is 17.6 Å². The van der Waals surface area contributed by atoms with Crippen LogP contribution in [0.5, 0.6) is 11.5 Å². The summed E-state index contributed by atoms with van der Waals surface area (Å²) in [5.74, 6) is 0.281. The van der Waals surface area contributed by atoms with Gasteiger partial charge in [-0.3, -0.25) is 4.79 Å². The smallest absolute Gasteiger partial charge is 0.334 e. The van der Waals surface area contributed by atoms with Crippen LogP contribution < -0.4 is 14.8 Å². The molecule has 31 heavy (non-hydrogen) atoms. The zero-order chi connectivity index (χ0) is 22.4. The lowest BCUT2D eigenvalue weighted by Gasteiger charge is -2.32. The fourth-order valence-electron chi connectivity index (χ4n) is 4.01. The monoisotopic (exact) mass is 429 g/mol. The van der Waals surface area contributed by atoms with E-state index in [9.17, 15) is 14.7 Å². The molecule has 2 aliphatic carbocycles. The fraction of sp³-hybridized carbons (Fsp3) is 0.500. The van der Waals surface area contributed by atoms with E-state index in [0.717, 1.165) is 25.7 Å². The predicted octanol–water partition coefficient (Wildman–Crippen LogP) is 3.92. The minimum atomic E-state index is -1.45. The molecule has 1 atom stereocenters. The number of carbonyl (C=O) groups is 2. The number of aliphatic hydroxyl groups is 1. The summed E-state index contributed by atoms with van der Waals surface area (Å²) in [5, 5.41) is 13.9. The molecule has 0 radical (unpaired) electrons. The summed E-state index contributed by atoms with van der Waals surface area (Å²) < 4.78 is 16.5. The molecule has 1 amide bonds. The second kappa shape index (κ2) is 10.0. The summed E-state index contributed by atoms with van der Waals surface area (Å²) in [6.07, 6.45) is 7.80. The molecule has 1 fully saturated rings. The lowest BCUT2D eigenvalue weighted by atomic mass is 9.80. The number of hydrogen-bond acceptors (Lipinski definition) is 6. The number of allylic oxidation sites excluding steroid dienone is 2. The number of nitrogens with one attached hydrogen (secondary N) is 1. The largest absolute Gasteiger partial charge is 0.493 e. The first-order valence-electron chi connectivity index (χ1n) is 10.9. The maximum absolute atomic E-state index is 13.0. The van der Waals surface area contributed by atoms with Gasteiger partial charge in [0.25, 0.3) is 5.91 Å². The van der Waals surface area contributed by atoms with Crippen LogP contribution in [0.25, 0.3) is 0 Å². The van der Waals surface area contributed by atoms with Crippen molar-refractivity contribution in [1.82, 2.24) is 0 Å². The van der Waals surface area contributed by atoms with Crippen LogP contribution in [-0.2, 0) is 14.3 Å². The predicted molar refractivity (Wildman–Crippen MR) is 117 cm³/mol. The molecule has 0 aliphatic heterocycles. The minimum absolute atomic E-state index is 0.0280. The Labute approximate surface area is 183 Å². The van der Waals surface area contributed by atoms with E-state index in [-0.39, 0.29) is 31.1 Å². The number of carbonyl (C=O) groups excluding carboxylic acids is 2. The second-order valence-corrected chi connectivity index (χ2v) is 7.90.